The molecule has 0 aromatic carbocycles. The smallest absolute Gasteiger partial charge is 0.462 e. The van der Waals surface area contributed by atoms with Gasteiger partial charge in [-0.1, -0.05) is 103 Å². The highest BCUT2D eigenvalue weighted by Crippen LogP contribution is 2.35. The zero-order chi connectivity index (χ0) is 28.3. The normalized spacial score (nSPS) is 12.6. The number of carbonyl (C=O) groups is 2. The van der Waals surface area contributed by atoms with Crippen LogP contribution in [0.1, 0.15) is 142 Å². The van der Waals surface area contributed by atoms with Crippen molar-refractivity contribution in [1.29, 1.82) is 0 Å². The summed E-state index contributed by atoms with van der Waals surface area (Å²) in [5, 5.41) is 0. The van der Waals surface area contributed by atoms with E-state index in [1.807, 2.05) is 6.92 Å². The first kappa shape index (κ1) is 36.8. The van der Waals surface area contributed by atoms with Crippen LogP contribution >= 0.6 is 7.82 Å². The lowest BCUT2D eigenvalue weighted by molar-refractivity contribution is -0.161. The third-order valence-corrected chi connectivity index (χ3v) is 6.74. The fourth-order valence-corrected chi connectivity index (χ4v) is 4.41. The van der Waals surface area contributed by atoms with Gasteiger partial charge in [0.1, 0.15) is 6.61 Å². The van der Waals surface area contributed by atoms with Gasteiger partial charge in [-0.3, -0.25) is 14.1 Å². The molecule has 0 aliphatic rings. The summed E-state index contributed by atoms with van der Waals surface area (Å²) in [5.41, 5.74) is 0. The van der Waals surface area contributed by atoms with E-state index in [1.165, 1.54) is 83.5 Å². The van der Waals surface area contributed by atoms with Crippen LogP contribution in [0.2, 0.25) is 0 Å². The number of unbranched alkanes of at least 4 members (excludes halogenated alkanes) is 15. The van der Waals surface area contributed by atoms with E-state index in [0.29, 0.717) is 12.8 Å². The lowest BCUT2D eigenvalue weighted by atomic mass is 10.1. The van der Waals surface area contributed by atoms with Crippen LogP contribution < -0.4 is 0 Å². The largest absolute Gasteiger partial charge is 0.469 e. The minimum absolute atomic E-state index is 0.210. The van der Waals surface area contributed by atoms with Gasteiger partial charge < -0.3 is 19.3 Å². The van der Waals surface area contributed by atoms with Crippen molar-refractivity contribution in [3.05, 3.63) is 12.2 Å². The molecule has 0 aromatic heterocycles. The summed E-state index contributed by atoms with van der Waals surface area (Å²) >= 11 is 0. The fourth-order valence-electron chi connectivity index (χ4n) is 4.05. The molecule has 0 saturated heterocycles. The second-order valence-electron chi connectivity index (χ2n) is 10.1. The van der Waals surface area contributed by atoms with Crippen LogP contribution in [0, 0.1) is 0 Å². The van der Waals surface area contributed by atoms with Crippen LogP contribution in [-0.4, -0.2) is 41.0 Å². The predicted octanol–water partition coefficient (Wildman–Crippen LogP) is 7.95. The second kappa shape index (κ2) is 26.0. The van der Waals surface area contributed by atoms with Crippen LogP contribution in [0.3, 0.4) is 0 Å². The second-order valence-corrected chi connectivity index (χ2v) is 11.3. The van der Waals surface area contributed by atoms with Crippen LogP contribution in [0.4, 0.5) is 0 Å². The summed E-state index contributed by atoms with van der Waals surface area (Å²) in [6, 6.07) is 0. The van der Waals surface area contributed by atoms with Crippen molar-refractivity contribution < 1.29 is 37.9 Å². The highest BCUT2D eigenvalue weighted by atomic mass is 31.2. The molecule has 0 amide bonds. The number of esters is 2. The maximum absolute atomic E-state index is 12.1. The molecule has 1 atom stereocenters. The van der Waals surface area contributed by atoms with Gasteiger partial charge in [0, 0.05) is 12.8 Å². The summed E-state index contributed by atoms with van der Waals surface area (Å²) in [5.74, 6) is -0.947. The van der Waals surface area contributed by atoms with Crippen molar-refractivity contribution in [3.8, 4) is 0 Å². The molecule has 0 aliphatic carbocycles. The molecule has 224 valence electrons. The molecule has 0 rings (SSSR count). The Morgan fingerprint density at radius 1 is 0.658 bits per heavy atom. The van der Waals surface area contributed by atoms with E-state index >= 15 is 0 Å². The highest BCUT2D eigenvalue weighted by molar-refractivity contribution is 7.46. The first-order valence-corrected chi connectivity index (χ1v) is 16.5. The molecule has 0 radical (unpaired) electrons. The number of ether oxygens (including phenoxy) is 2. The Balaban J connectivity index is 3.72. The van der Waals surface area contributed by atoms with E-state index in [2.05, 4.69) is 23.6 Å². The molecule has 0 aromatic rings. The minimum Gasteiger partial charge on any atom is -0.462 e. The number of carbonyl (C=O) groups excluding carboxylic acids is 2. The van der Waals surface area contributed by atoms with Gasteiger partial charge in [-0.15, -0.1) is 0 Å². The average molecular weight is 563 g/mol. The van der Waals surface area contributed by atoms with Gasteiger partial charge in [0.15, 0.2) is 6.10 Å². The van der Waals surface area contributed by atoms with Gasteiger partial charge >= 0.3 is 19.8 Å². The molecule has 8 nitrogen and oxygen atoms in total. The molecule has 2 N–H and O–H groups in total. The molecular weight excluding hydrogens is 507 g/mol. The molecule has 9 heteroatoms. The van der Waals surface area contributed by atoms with Crippen LogP contribution in [0.15, 0.2) is 12.2 Å². The Hall–Kier alpha value is -1.21. The number of rotatable bonds is 27. The maximum atomic E-state index is 12.1. The topological polar surface area (TPSA) is 119 Å². The van der Waals surface area contributed by atoms with Crippen LogP contribution in [0.25, 0.3) is 0 Å². The van der Waals surface area contributed by atoms with E-state index in [9.17, 15) is 14.2 Å². The summed E-state index contributed by atoms with van der Waals surface area (Å²) in [6.45, 7) is 3.25. The lowest BCUT2D eigenvalue weighted by Gasteiger charge is -2.18. The first-order chi connectivity index (χ1) is 18.3. The van der Waals surface area contributed by atoms with Crippen molar-refractivity contribution in [2.75, 3.05) is 13.2 Å². The predicted molar refractivity (Wildman–Crippen MR) is 152 cm³/mol. The third-order valence-electron chi connectivity index (χ3n) is 6.25. The summed E-state index contributed by atoms with van der Waals surface area (Å²) < 4.78 is 25.6. The third kappa shape index (κ3) is 27.8. The molecular formula is C29H55O8P. The van der Waals surface area contributed by atoms with Crippen molar-refractivity contribution in [2.24, 2.45) is 0 Å². The van der Waals surface area contributed by atoms with Gasteiger partial charge in [0.25, 0.3) is 0 Å². The number of hydrogen-bond acceptors (Lipinski definition) is 6. The number of allylic oxidation sites excluding steroid dienone is 2. The van der Waals surface area contributed by atoms with Crippen molar-refractivity contribution in [1.82, 2.24) is 0 Å². The minimum atomic E-state index is -4.72. The summed E-state index contributed by atoms with van der Waals surface area (Å²) in [4.78, 5) is 41.4. The molecule has 1 unspecified atom stereocenters. The lowest BCUT2D eigenvalue weighted by Crippen LogP contribution is -2.29. The van der Waals surface area contributed by atoms with E-state index in [0.717, 1.165) is 19.3 Å². The Kier molecular flexibility index (Phi) is 25.2. The number of phosphoric acid groups is 1. The monoisotopic (exact) mass is 562 g/mol. The number of phosphoric ester groups is 1. The molecule has 0 bridgehead atoms. The Morgan fingerprint density at radius 3 is 1.66 bits per heavy atom. The fraction of sp³-hybridized carbons (Fsp3) is 0.862. The van der Waals surface area contributed by atoms with Gasteiger partial charge in [-0.05, 0) is 38.5 Å². The molecule has 0 saturated carbocycles. The first-order valence-electron chi connectivity index (χ1n) is 15.0. The highest BCUT2D eigenvalue weighted by Gasteiger charge is 2.22. The molecule has 38 heavy (non-hydrogen) atoms. The van der Waals surface area contributed by atoms with Gasteiger partial charge in [-0.2, -0.15) is 0 Å². The van der Waals surface area contributed by atoms with Crippen LogP contribution in [0.5, 0.6) is 0 Å². The molecule has 0 heterocycles. The zero-order valence-electron chi connectivity index (χ0n) is 24.1. The van der Waals surface area contributed by atoms with E-state index in [4.69, 9.17) is 19.3 Å². The van der Waals surface area contributed by atoms with Crippen molar-refractivity contribution >= 4 is 19.8 Å². The Labute approximate surface area is 231 Å². The maximum Gasteiger partial charge on any atom is 0.469 e. The van der Waals surface area contributed by atoms with Crippen molar-refractivity contribution in [3.63, 3.8) is 0 Å². The SMILES string of the molecule is CCCCCCCC/C=C\CCCCCCCCCCCC(=O)OC(COC(=O)CCC)COP(=O)(O)O. The van der Waals surface area contributed by atoms with Gasteiger partial charge in [0.05, 0.1) is 6.61 Å². The summed E-state index contributed by atoms with van der Waals surface area (Å²) in [6.07, 6.45) is 25.4. The van der Waals surface area contributed by atoms with Crippen molar-refractivity contribution in [2.45, 2.75) is 148 Å². The standard InChI is InChI=1S/C29H55O8P/c1-3-5-6-7-8-9-10-11-12-13-14-15-16-17-18-19-20-21-22-24-29(31)37-27(26-36-38(32,33)34)25-35-28(30)23-4-2/h11-12,27H,3-10,13-26H2,1-2H3,(H2,32,33,34)/b12-11-. The number of hydrogen-bond donors (Lipinski definition) is 2. The average Bonchev–Trinajstić information content (AvgIpc) is 2.86. The summed E-state index contributed by atoms with van der Waals surface area (Å²) in [7, 11) is -4.72. The van der Waals surface area contributed by atoms with E-state index < -0.39 is 32.5 Å². The zero-order valence-corrected chi connectivity index (χ0v) is 25.0. The quantitative estimate of drug-likeness (QED) is 0.0448. The molecule has 0 aliphatic heterocycles. The Morgan fingerprint density at radius 2 is 1.16 bits per heavy atom. The van der Waals surface area contributed by atoms with Gasteiger partial charge in [0.2, 0.25) is 0 Å². The van der Waals surface area contributed by atoms with Crippen LogP contribution in [-0.2, 0) is 28.2 Å². The van der Waals surface area contributed by atoms with E-state index in [-0.39, 0.29) is 19.4 Å². The van der Waals surface area contributed by atoms with E-state index in [1.54, 1.807) is 0 Å². The van der Waals surface area contributed by atoms with Gasteiger partial charge in [-0.25, -0.2) is 4.57 Å². The Bertz CT molecular complexity index is 646. The molecule has 0 spiro atoms. The molecule has 0 fully saturated rings.